The Morgan fingerprint density at radius 3 is 2.57 bits per heavy atom. The topological polar surface area (TPSA) is 47.2 Å². The van der Waals surface area contributed by atoms with Gasteiger partial charge < -0.3 is 0 Å². The highest BCUT2D eigenvalue weighted by atomic mass is 16.3. The number of nitroso groups, excluding NO2 is 1. The highest BCUT2D eigenvalue weighted by molar-refractivity contribution is 5.19. The van der Waals surface area contributed by atoms with Crippen molar-refractivity contribution >= 4 is 0 Å². The summed E-state index contributed by atoms with van der Waals surface area (Å²) < 4.78 is 1.53. The van der Waals surface area contributed by atoms with Crippen LogP contribution in [0.1, 0.15) is 11.7 Å². The van der Waals surface area contributed by atoms with Crippen LogP contribution < -0.4 is 0 Å². The predicted octanol–water partition coefficient (Wildman–Crippen LogP) is 2.20. The Morgan fingerprint density at radius 2 is 2.00 bits per heavy atom. The van der Waals surface area contributed by atoms with Crippen LogP contribution in [0.25, 0.3) is 0 Å². The molecule has 0 aliphatic heterocycles. The Kier molecular flexibility index (Phi) is 2.36. The Hall–Kier alpha value is -1.97. The Bertz CT molecular complexity index is 397. The van der Waals surface area contributed by atoms with Gasteiger partial charge in [0.05, 0.1) is 0 Å². The molecule has 1 aromatic heterocycles. The standard InChI is InChI=1S/C10H9N3O/c14-12-10(13-8-4-7-11-13)9-5-2-1-3-6-9/h1-8,10H. The highest BCUT2D eigenvalue weighted by Crippen LogP contribution is 2.17. The van der Waals surface area contributed by atoms with Gasteiger partial charge in [-0.15, -0.1) is 4.91 Å². The Labute approximate surface area is 81.2 Å². The van der Waals surface area contributed by atoms with E-state index in [1.54, 1.807) is 18.5 Å². The molecule has 0 fully saturated rings. The van der Waals surface area contributed by atoms with E-state index in [9.17, 15) is 4.91 Å². The molecule has 0 aliphatic carbocycles. The van der Waals surface area contributed by atoms with Crippen LogP contribution in [0.3, 0.4) is 0 Å². The van der Waals surface area contributed by atoms with Crippen LogP contribution in [0.15, 0.2) is 54.0 Å². The van der Waals surface area contributed by atoms with E-state index in [1.165, 1.54) is 4.68 Å². The molecular weight excluding hydrogens is 178 g/mol. The van der Waals surface area contributed by atoms with Crippen LogP contribution in [0.5, 0.6) is 0 Å². The second-order valence-corrected chi connectivity index (χ2v) is 2.88. The number of hydrogen-bond donors (Lipinski definition) is 0. The van der Waals surface area contributed by atoms with Gasteiger partial charge in [-0.2, -0.15) is 5.10 Å². The van der Waals surface area contributed by atoms with Gasteiger partial charge in [0.2, 0.25) is 6.17 Å². The van der Waals surface area contributed by atoms with Crippen molar-refractivity contribution in [2.24, 2.45) is 5.18 Å². The number of benzene rings is 1. The van der Waals surface area contributed by atoms with E-state index in [-0.39, 0.29) is 0 Å². The highest BCUT2D eigenvalue weighted by Gasteiger charge is 2.12. The maximum atomic E-state index is 10.7. The fourth-order valence-corrected chi connectivity index (χ4v) is 1.31. The van der Waals surface area contributed by atoms with Crippen molar-refractivity contribution in [3.63, 3.8) is 0 Å². The van der Waals surface area contributed by atoms with Crippen molar-refractivity contribution in [2.75, 3.05) is 0 Å². The molecule has 0 N–H and O–H groups in total. The van der Waals surface area contributed by atoms with Gasteiger partial charge in [0, 0.05) is 18.0 Å². The van der Waals surface area contributed by atoms with Crippen molar-refractivity contribution in [3.8, 4) is 0 Å². The summed E-state index contributed by atoms with van der Waals surface area (Å²) in [5.41, 5.74) is 0.839. The fraction of sp³-hybridized carbons (Fsp3) is 0.100. The van der Waals surface area contributed by atoms with Crippen LogP contribution in [0.2, 0.25) is 0 Å². The molecule has 1 heterocycles. The first kappa shape index (κ1) is 8.62. The van der Waals surface area contributed by atoms with Gasteiger partial charge in [0.15, 0.2) is 0 Å². The zero-order valence-electron chi connectivity index (χ0n) is 7.45. The average molecular weight is 187 g/mol. The average Bonchev–Trinajstić information content (AvgIpc) is 2.74. The van der Waals surface area contributed by atoms with Crippen LogP contribution >= 0.6 is 0 Å². The van der Waals surface area contributed by atoms with Gasteiger partial charge in [0.25, 0.3) is 0 Å². The van der Waals surface area contributed by atoms with E-state index in [1.807, 2.05) is 30.3 Å². The van der Waals surface area contributed by atoms with Crippen LogP contribution in [-0.4, -0.2) is 9.78 Å². The molecule has 1 atom stereocenters. The molecule has 0 amide bonds. The number of hydrogen-bond acceptors (Lipinski definition) is 3. The maximum Gasteiger partial charge on any atom is 0.208 e. The molecule has 1 aromatic carbocycles. The van der Waals surface area contributed by atoms with Gasteiger partial charge in [-0.3, -0.25) is 0 Å². The molecule has 0 spiro atoms. The zero-order valence-corrected chi connectivity index (χ0v) is 7.45. The van der Waals surface area contributed by atoms with E-state index in [0.717, 1.165) is 5.56 Å². The monoisotopic (exact) mass is 187 g/mol. The molecule has 2 aromatic rings. The minimum absolute atomic E-state index is 0.564. The Balaban J connectivity index is 2.36. The van der Waals surface area contributed by atoms with Crippen molar-refractivity contribution in [1.82, 2.24) is 9.78 Å². The normalized spacial score (nSPS) is 12.3. The molecular formula is C10H9N3O. The minimum atomic E-state index is -0.564. The molecule has 0 saturated heterocycles. The van der Waals surface area contributed by atoms with Crippen molar-refractivity contribution in [3.05, 3.63) is 59.3 Å². The van der Waals surface area contributed by atoms with Gasteiger partial charge in [-0.1, -0.05) is 30.3 Å². The third kappa shape index (κ3) is 1.54. The van der Waals surface area contributed by atoms with Gasteiger partial charge in [0.1, 0.15) is 0 Å². The summed E-state index contributed by atoms with van der Waals surface area (Å²) in [6.45, 7) is 0. The minimum Gasteiger partial charge on any atom is -0.240 e. The summed E-state index contributed by atoms with van der Waals surface area (Å²) >= 11 is 0. The smallest absolute Gasteiger partial charge is 0.208 e. The maximum absolute atomic E-state index is 10.7. The molecule has 0 saturated carbocycles. The summed E-state index contributed by atoms with van der Waals surface area (Å²) in [6, 6.07) is 11.1. The molecule has 0 aliphatic rings. The zero-order chi connectivity index (χ0) is 9.80. The van der Waals surface area contributed by atoms with Crippen LogP contribution in [0.4, 0.5) is 0 Å². The first-order valence-corrected chi connectivity index (χ1v) is 4.28. The predicted molar refractivity (Wildman–Crippen MR) is 52.6 cm³/mol. The molecule has 0 radical (unpaired) electrons. The summed E-state index contributed by atoms with van der Waals surface area (Å²) in [4.78, 5) is 10.7. The van der Waals surface area contributed by atoms with Crippen LogP contribution in [-0.2, 0) is 0 Å². The fourth-order valence-electron chi connectivity index (χ4n) is 1.31. The van der Waals surface area contributed by atoms with Crippen molar-refractivity contribution < 1.29 is 0 Å². The molecule has 1 unspecified atom stereocenters. The van der Waals surface area contributed by atoms with E-state index in [0.29, 0.717) is 0 Å². The van der Waals surface area contributed by atoms with Gasteiger partial charge in [-0.25, -0.2) is 4.68 Å². The van der Waals surface area contributed by atoms with Gasteiger partial charge >= 0.3 is 0 Å². The largest absolute Gasteiger partial charge is 0.240 e. The SMILES string of the molecule is O=NC(c1ccccc1)n1cccn1. The van der Waals surface area contributed by atoms with E-state index in [4.69, 9.17) is 0 Å². The lowest BCUT2D eigenvalue weighted by Crippen LogP contribution is -2.07. The van der Waals surface area contributed by atoms with E-state index >= 15 is 0 Å². The lowest BCUT2D eigenvalue weighted by atomic mass is 10.2. The van der Waals surface area contributed by atoms with Crippen molar-refractivity contribution in [1.29, 1.82) is 0 Å². The molecule has 4 heteroatoms. The summed E-state index contributed by atoms with van der Waals surface area (Å²) in [5, 5.41) is 7.04. The molecule has 2 rings (SSSR count). The first-order valence-electron chi connectivity index (χ1n) is 4.28. The lowest BCUT2D eigenvalue weighted by Gasteiger charge is -2.08. The quantitative estimate of drug-likeness (QED) is 0.691. The summed E-state index contributed by atoms with van der Waals surface area (Å²) in [5.74, 6) is 0. The molecule has 14 heavy (non-hydrogen) atoms. The summed E-state index contributed by atoms with van der Waals surface area (Å²) in [6.07, 6.45) is 2.78. The van der Waals surface area contributed by atoms with E-state index < -0.39 is 6.17 Å². The van der Waals surface area contributed by atoms with Crippen molar-refractivity contribution in [2.45, 2.75) is 6.17 Å². The third-order valence-corrected chi connectivity index (χ3v) is 1.97. The van der Waals surface area contributed by atoms with Crippen LogP contribution in [0, 0.1) is 4.91 Å². The second kappa shape index (κ2) is 3.83. The molecule has 4 nitrogen and oxygen atoms in total. The van der Waals surface area contributed by atoms with Gasteiger partial charge in [-0.05, 0) is 11.2 Å². The number of aromatic nitrogens is 2. The van der Waals surface area contributed by atoms with E-state index in [2.05, 4.69) is 10.3 Å². The Morgan fingerprint density at radius 1 is 1.21 bits per heavy atom. The summed E-state index contributed by atoms with van der Waals surface area (Å²) in [7, 11) is 0. The number of rotatable bonds is 3. The third-order valence-electron chi connectivity index (χ3n) is 1.97. The second-order valence-electron chi connectivity index (χ2n) is 2.88. The lowest BCUT2D eigenvalue weighted by molar-refractivity contribution is 0.540. The molecule has 0 bridgehead atoms. The molecule has 70 valence electrons. The first-order chi connectivity index (χ1) is 6.92. The number of nitrogens with zero attached hydrogens (tertiary/aromatic N) is 3.